The SMILES string of the molecule is Fc1ccc(-c2cc(-c3ccc(F)cc3)nc(-c3ccc(F)cc3)c2)cc1. The fraction of sp³-hybridized carbons (Fsp3) is 0. The van der Waals surface area contributed by atoms with Gasteiger partial charge >= 0.3 is 0 Å². The summed E-state index contributed by atoms with van der Waals surface area (Å²) in [6.07, 6.45) is 0. The van der Waals surface area contributed by atoms with E-state index in [2.05, 4.69) is 4.98 Å². The highest BCUT2D eigenvalue weighted by Gasteiger charge is 2.09. The van der Waals surface area contributed by atoms with E-state index >= 15 is 0 Å². The minimum absolute atomic E-state index is 0.315. The monoisotopic (exact) mass is 361 g/mol. The Morgan fingerprint density at radius 2 is 0.741 bits per heavy atom. The van der Waals surface area contributed by atoms with Gasteiger partial charge in [0.05, 0.1) is 11.4 Å². The topological polar surface area (TPSA) is 12.9 Å². The molecular formula is C23H14F3N. The van der Waals surface area contributed by atoms with Crippen molar-refractivity contribution in [1.29, 1.82) is 0 Å². The normalized spacial score (nSPS) is 10.8. The van der Waals surface area contributed by atoms with Crippen LogP contribution >= 0.6 is 0 Å². The Balaban J connectivity index is 1.89. The largest absolute Gasteiger partial charge is 0.248 e. The predicted molar refractivity (Wildman–Crippen MR) is 100 cm³/mol. The van der Waals surface area contributed by atoms with Crippen LogP contribution < -0.4 is 0 Å². The maximum atomic E-state index is 13.3. The third-order valence-electron chi connectivity index (χ3n) is 4.28. The molecule has 0 saturated heterocycles. The molecule has 0 unspecified atom stereocenters. The smallest absolute Gasteiger partial charge is 0.123 e. The Bertz CT molecular complexity index is 916. The van der Waals surface area contributed by atoms with E-state index in [1.807, 2.05) is 12.1 Å². The number of benzene rings is 3. The molecule has 0 N–H and O–H groups in total. The lowest BCUT2D eigenvalue weighted by atomic mass is 10.00. The summed E-state index contributed by atoms with van der Waals surface area (Å²) in [6.45, 7) is 0. The third-order valence-corrected chi connectivity index (χ3v) is 4.28. The minimum Gasteiger partial charge on any atom is -0.248 e. The van der Waals surface area contributed by atoms with Crippen LogP contribution in [0, 0.1) is 17.5 Å². The number of hydrogen-bond acceptors (Lipinski definition) is 1. The molecule has 0 spiro atoms. The molecule has 0 aliphatic rings. The number of aromatic nitrogens is 1. The third kappa shape index (κ3) is 3.75. The number of hydrogen-bond donors (Lipinski definition) is 0. The van der Waals surface area contributed by atoms with E-state index < -0.39 is 0 Å². The molecule has 0 aliphatic carbocycles. The molecule has 0 radical (unpaired) electrons. The second-order valence-electron chi connectivity index (χ2n) is 6.15. The molecule has 27 heavy (non-hydrogen) atoms. The Hall–Kier alpha value is -3.40. The van der Waals surface area contributed by atoms with Crippen molar-refractivity contribution >= 4 is 0 Å². The lowest BCUT2D eigenvalue weighted by Gasteiger charge is -2.10. The van der Waals surface area contributed by atoms with Crippen molar-refractivity contribution in [1.82, 2.24) is 4.98 Å². The summed E-state index contributed by atoms with van der Waals surface area (Å²) in [5.74, 6) is -0.968. The van der Waals surface area contributed by atoms with Gasteiger partial charge in [0.2, 0.25) is 0 Å². The summed E-state index contributed by atoms with van der Waals surface area (Å²) < 4.78 is 39.8. The summed E-state index contributed by atoms with van der Waals surface area (Å²) in [7, 11) is 0. The molecule has 4 rings (SSSR count). The van der Waals surface area contributed by atoms with Gasteiger partial charge in [-0.15, -0.1) is 0 Å². The molecule has 3 aromatic carbocycles. The second kappa shape index (κ2) is 7.08. The summed E-state index contributed by atoms with van der Waals surface area (Å²) >= 11 is 0. The zero-order valence-electron chi connectivity index (χ0n) is 14.2. The Labute approximate surface area is 154 Å². The molecule has 1 heterocycles. The van der Waals surface area contributed by atoms with Crippen molar-refractivity contribution in [3.8, 4) is 33.6 Å². The van der Waals surface area contributed by atoms with Gasteiger partial charge in [-0.05, 0) is 83.9 Å². The van der Waals surface area contributed by atoms with E-state index in [0.29, 0.717) is 11.4 Å². The van der Waals surface area contributed by atoms with Gasteiger partial charge in [-0.25, -0.2) is 18.2 Å². The van der Waals surface area contributed by atoms with Gasteiger partial charge in [0.15, 0.2) is 0 Å². The van der Waals surface area contributed by atoms with Crippen molar-refractivity contribution in [3.63, 3.8) is 0 Å². The van der Waals surface area contributed by atoms with Gasteiger partial charge in [0.1, 0.15) is 17.5 Å². The van der Waals surface area contributed by atoms with Crippen LogP contribution in [0.15, 0.2) is 84.9 Å². The number of pyridine rings is 1. The fourth-order valence-corrected chi connectivity index (χ4v) is 2.88. The highest BCUT2D eigenvalue weighted by Crippen LogP contribution is 2.30. The van der Waals surface area contributed by atoms with Crippen LogP contribution in [0.5, 0.6) is 0 Å². The van der Waals surface area contributed by atoms with Crippen molar-refractivity contribution in [2.75, 3.05) is 0 Å². The molecule has 0 aliphatic heterocycles. The molecule has 0 saturated carbocycles. The first-order valence-electron chi connectivity index (χ1n) is 8.38. The zero-order valence-corrected chi connectivity index (χ0v) is 14.2. The molecule has 0 fully saturated rings. The maximum absolute atomic E-state index is 13.3. The summed E-state index contributed by atoms with van der Waals surface area (Å²) in [4.78, 5) is 4.66. The van der Waals surface area contributed by atoms with Crippen LogP contribution in [0.2, 0.25) is 0 Å². The highest BCUT2D eigenvalue weighted by atomic mass is 19.1. The first-order chi connectivity index (χ1) is 13.1. The van der Waals surface area contributed by atoms with Crippen molar-refractivity contribution < 1.29 is 13.2 Å². The Morgan fingerprint density at radius 1 is 0.407 bits per heavy atom. The number of rotatable bonds is 3. The fourth-order valence-electron chi connectivity index (χ4n) is 2.88. The van der Waals surface area contributed by atoms with Gasteiger partial charge in [-0.3, -0.25) is 0 Å². The summed E-state index contributed by atoms with van der Waals surface area (Å²) in [5.41, 5.74) is 4.47. The average molecular weight is 361 g/mol. The van der Waals surface area contributed by atoms with Crippen molar-refractivity contribution in [3.05, 3.63) is 102 Å². The van der Waals surface area contributed by atoms with E-state index in [1.165, 1.54) is 36.4 Å². The van der Waals surface area contributed by atoms with Gasteiger partial charge < -0.3 is 0 Å². The molecule has 132 valence electrons. The van der Waals surface area contributed by atoms with Gasteiger partial charge in [0, 0.05) is 11.1 Å². The van der Waals surface area contributed by atoms with Crippen LogP contribution in [-0.2, 0) is 0 Å². The standard InChI is InChI=1S/C23H14F3N/c24-19-7-1-15(2-8-19)18-13-22(16-3-9-20(25)10-4-16)27-23(14-18)17-5-11-21(26)12-6-17/h1-14H. The minimum atomic E-state index is -0.327. The van der Waals surface area contributed by atoms with Gasteiger partial charge in [0.25, 0.3) is 0 Å². The molecule has 1 nitrogen and oxygen atoms in total. The molecule has 4 aromatic rings. The Kier molecular flexibility index (Phi) is 4.47. The molecule has 1 aromatic heterocycles. The van der Waals surface area contributed by atoms with Crippen LogP contribution in [0.3, 0.4) is 0 Å². The Morgan fingerprint density at radius 3 is 1.11 bits per heavy atom. The lowest BCUT2D eigenvalue weighted by Crippen LogP contribution is -1.92. The quantitative estimate of drug-likeness (QED) is 0.406. The molecule has 0 bridgehead atoms. The van der Waals surface area contributed by atoms with Crippen molar-refractivity contribution in [2.45, 2.75) is 0 Å². The van der Waals surface area contributed by atoms with Crippen LogP contribution in [0.4, 0.5) is 13.2 Å². The van der Waals surface area contributed by atoms with Crippen LogP contribution in [-0.4, -0.2) is 4.98 Å². The summed E-state index contributed by atoms with van der Waals surface area (Å²) in [6, 6.07) is 22.0. The van der Waals surface area contributed by atoms with Crippen LogP contribution in [0.25, 0.3) is 33.6 Å². The number of nitrogens with zero attached hydrogens (tertiary/aromatic N) is 1. The first kappa shape index (κ1) is 17.0. The molecule has 0 amide bonds. The van der Waals surface area contributed by atoms with E-state index in [-0.39, 0.29) is 17.5 Å². The van der Waals surface area contributed by atoms with Gasteiger partial charge in [-0.1, -0.05) is 12.1 Å². The van der Waals surface area contributed by atoms with Crippen LogP contribution in [0.1, 0.15) is 0 Å². The van der Waals surface area contributed by atoms with E-state index in [0.717, 1.165) is 22.3 Å². The van der Waals surface area contributed by atoms with Crippen molar-refractivity contribution in [2.24, 2.45) is 0 Å². The second-order valence-corrected chi connectivity index (χ2v) is 6.15. The first-order valence-corrected chi connectivity index (χ1v) is 8.38. The maximum Gasteiger partial charge on any atom is 0.123 e. The molecule has 4 heteroatoms. The van der Waals surface area contributed by atoms with E-state index in [9.17, 15) is 13.2 Å². The lowest BCUT2D eigenvalue weighted by molar-refractivity contribution is 0.627. The van der Waals surface area contributed by atoms with E-state index in [4.69, 9.17) is 0 Å². The van der Waals surface area contributed by atoms with Gasteiger partial charge in [-0.2, -0.15) is 0 Å². The summed E-state index contributed by atoms with van der Waals surface area (Å²) in [5, 5.41) is 0. The molecular weight excluding hydrogens is 347 g/mol. The van der Waals surface area contributed by atoms with E-state index in [1.54, 1.807) is 36.4 Å². The number of halogens is 3. The highest BCUT2D eigenvalue weighted by molar-refractivity contribution is 5.76. The molecule has 0 atom stereocenters. The predicted octanol–water partition coefficient (Wildman–Crippen LogP) is 6.50. The zero-order chi connectivity index (χ0) is 18.8. The average Bonchev–Trinajstić information content (AvgIpc) is 2.69.